The van der Waals surface area contributed by atoms with E-state index in [-0.39, 0.29) is 18.4 Å². The van der Waals surface area contributed by atoms with Gasteiger partial charge in [0.15, 0.2) is 0 Å². The zero-order chi connectivity index (χ0) is 20.8. The molecule has 3 aromatic carbocycles. The molecule has 1 heterocycles. The van der Waals surface area contributed by atoms with E-state index in [9.17, 15) is 4.79 Å². The van der Waals surface area contributed by atoms with Gasteiger partial charge in [-0.1, -0.05) is 77.4 Å². The third-order valence-corrected chi connectivity index (χ3v) is 4.96. The molecule has 0 aliphatic rings. The number of amides is 1. The van der Waals surface area contributed by atoms with E-state index in [0.29, 0.717) is 23.2 Å². The monoisotopic (exact) mass is 417 g/mol. The van der Waals surface area contributed by atoms with E-state index >= 15 is 0 Å². The van der Waals surface area contributed by atoms with Crippen molar-refractivity contribution in [2.75, 3.05) is 0 Å². The predicted octanol–water partition coefficient (Wildman–Crippen LogP) is 5.23. The largest absolute Gasteiger partial charge is 0.345 e. The number of benzene rings is 3. The van der Waals surface area contributed by atoms with E-state index in [2.05, 4.69) is 15.5 Å². The lowest BCUT2D eigenvalue weighted by molar-refractivity contribution is -0.121. The van der Waals surface area contributed by atoms with Crippen LogP contribution in [0.4, 0.5) is 0 Å². The molecule has 150 valence electrons. The predicted molar refractivity (Wildman–Crippen MR) is 116 cm³/mol. The van der Waals surface area contributed by atoms with Crippen molar-refractivity contribution in [1.82, 2.24) is 15.5 Å². The fourth-order valence-electron chi connectivity index (χ4n) is 3.18. The summed E-state index contributed by atoms with van der Waals surface area (Å²) in [5.41, 5.74) is 2.87. The van der Waals surface area contributed by atoms with Crippen LogP contribution in [-0.4, -0.2) is 16.0 Å². The Balaban J connectivity index is 1.41. The first kappa shape index (κ1) is 19.9. The Morgan fingerprint density at radius 3 is 2.10 bits per heavy atom. The van der Waals surface area contributed by atoms with Crippen LogP contribution in [0.5, 0.6) is 0 Å². The van der Waals surface area contributed by atoms with Gasteiger partial charge < -0.3 is 9.84 Å². The summed E-state index contributed by atoms with van der Waals surface area (Å²) in [5, 5.41) is 7.75. The van der Waals surface area contributed by atoms with Crippen molar-refractivity contribution in [3.8, 4) is 11.4 Å². The van der Waals surface area contributed by atoms with Gasteiger partial charge in [0.25, 0.3) is 0 Å². The Hall–Kier alpha value is -3.44. The maximum atomic E-state index is 12.7. The molecule has 30 heavy (non-hydrogen) atoms. The van der Waals surface area contributed by atoms with Gasteiger partial charge in [-0.25, -0.2) is 0 Å². The van der Waals surface area contributed by atoms with E-state index in [0.717, 1.165) is 16.7 Å². The van der Waals surface area contributed by atoms with Gasteiger partial charge >= 0.3 is 0 Å². The number of carbonyl (C=O) groups excluding carboxylic acids is 1. The molecule has 1 N–H and O–H groups in total. The van der Waals surface area contributed by atoms with Crippen molar-refractivity contribution < 1.29 is 9.32 Å². The second-order valence-electron chi connectivity index (χ2n) is 6.84. The molecule has 0 fully saturated rings. The zero-order valence-corrected chi connectivity index (χ0v) is 16.9. The number of nitrogens with zero attached hydrogens (tertiary/aromatic N) is 2. The Bertz CT molecular complexity index is 1060. The van der Waals surface area contributed by atoms with Crippen molar-refractivity contribution in [3.63, 3.8) is 0 Å². The average Bonchev–Trinajstić information content (AvgIpc) is 3.27. The number of hydrogen-bond donors (Lipinski definition) is 1. The van der Waals surface area contributed by atoms with E-state index in [1.54, 1.807) is 12.1 Å². The van der Waals surface area contributed by atoms with Crippen LogP contribution in [0.15, 0.2) is 89.5 Å². The highest BCUT2D eigenvalue weighted by molar-refractivity contribution is 6.30. The summed E-state index contributed by atoms with van der Waals surface area (Å²) in [7, 11) is 0. The molecule has 0 aliphatic carbocycles. The summed E-state index contributed by atoms with van der Waals surface area (Å²) in [6.07, 6.45) is 0.612. The van der Waals surface area contributed by atoms with Crippen molar-refractivity contribution in [3.05, 3.63) is 107 Å². The minimum absolute atomic E-state index is 0.0843. The molecule has 0 aliphatic heterocycles. The number of aryl methyl sites for hydroxylation is 1. The topological polar surface area (TPSA) is 68.0 Å². The Morgan fingerprint density at radius 2 is 1.50 bits per heavy atom. The summed E-state index contributed by atoms with van der Waals surface area (Å²) < 4.78 is 5.30. The third kappa shape index (κ3) is 4.93. The van der Waals surface area contributed by atoms with Gasteiger partial charge in [0.05, 0.1) is 6.04 Å². The third-order valence-electron chi connectivity index (χ3n) is 4.71. The normalized spacial score (nSPS) is 10.9. The maximum absolute atomic E-state index is 12.7. The van der Waals surface area contributed by atoms with Gasteiger partial charge in [-0.3, -0.25) is 4.79 Å². The number of halogens is 1. The molecule has 0 saturated heterocycles. The molecule has 1 aromatic heterocycles. The summed E-state index contributed by atoms with van der Waals surface area (Å²) >= 11 is 5.91. The van der Waals surface area contributed by atoms with Crippen molar-refractivity contribution >= 4 is 17.5 Å². The van der Waals surface area contributed by atoms with Gasteiger partial charge in [-0.2, -0.15) is 4.98 Å². The summed E-state index contributed by atoms with van der Waals surface area (Å²) in [6, 6.07) is 26.8. The lowest BCUT2D eigenvalue weighted by Gasteiger charge is -2.19. The molecule has 5 nitrogen and oxygen atoms in total. The number of rotatable bonds is 7. The number of nitrogens with one attached hydrogen (secondary N) is 1. The highest BCUT2D eigenvalue weighted by atomic mass is 35.5. The number of aromatic nitrogens is 2. The highest BCUT2D eigenvalue weighted by Gasteiger charge is 2.17. The molecule has 0 bridgehead atoms. The quantitative estimate of drug-likeness (QED) is 0.447. The first-order valence-electron chi connectivity index (χ1n) is 9.67. The lowest BCUT2D eigenvalue weighted by Crippen LogP contribution is -2.29. The van der Waals surface area contributed by atoms with Gasteiger partial charge in [0.1, 0.15) is 0 Å². The molecular formula is C24H20ClN3O2. The van der Waals surface area contributed by atoms with Crippen LogP contribution in [0, 0.1) is 0 Å². The summed E-state index contributed by atoms with van der Waals surface area (Å²) in [5.74, 6) is 0.818. The van der Waals surface area contributed by atoms with Gasteiger partial charge in [-0.05, 0) is 35.4 Å². The lowest BCUT2D eigenvalue weighted by atomic mass is 9.98. The fourth-order valence-corrected chi connectivity index (χ4v) is 3.30. The van der Waals surface area contributed by atoms with Crippen LogP contribution in [0.2, 0.25) is 5.02 Å². The maximum Gasteiger partial charge on any atom is 0.227 e. The van der Waals surface area contributed by atoms with Crippen LogP contribution in [0.3, 0.4) is 0 Å². The molecule has 4 aromatic rings. The van der Waals surface area contributed by atoms with E-state index < -0.39 is 0 Å². The summed E-state index contributed by atoms with van der Waals surface area (Å²) in [6.45, 7) is 0. The fraction of sp³-hybridized carbons (Fsp3) is 0.125. The van der Waals surface area contributed by atoms with Gasteiger partial charge in [0.2, 0.25) is 17.6 Å². The van der Waals surface area contributed by atoms with Crippen molar-refractivity contribution in [2.45, 2.75) is 18.9 Å². The minimum Gasteiger partial charge on any atom is -0.345 e. The van der Waals surface area contributed by atoms with Crippen LogP contribution in [0.1, 0.15) is 29.5 Å². The van der Waals surface area contributed by atoms with Crippen LogP contribution in [-0.2, 0) is 11.2 Å². The van der Waals surface area contributed by atoms with Crippen LogP contribution in [0.25, 0.3) is 11.4 Å². The Morgan fingerprint density at radius 1 is 0.900 bits per heavy atom. The first-order chi connectivity index (χ1) is 14.7. The molecule has 4 rings (SSSR count). The molecular weight excluding hydrogens is 398 g/mol. The van der Waals surface area contributed by atoms with Gasteiger partial charge in [-0.15, -0.1) is 0 Å². The standard InChI is InChI=1S/C24H20ClN3O2/c25-20-13-11-19(12-14-20)24-27-22(30-28-24)16-15-21(29)26-23(17-7-3-1-4-8-17)18-9-5-2-6-10-18/h1-14,23H,15-16H2,(H,26,29). The Labute approximate surface area is 179 Å². The second kappa shape index (κ2) is 9.37. The molecule has 0 saturated carbocycles. The molecule has 0 radical (unpaired) electrons. The second-order valence-corrected chi connectivity index (χ2v) is 7.28. The molecule has 1 amide bonds. The number of hydrogen-bond acceptors (Lipinski definition) is 4. The summed E-state index contributed by atoms with van der Waals surface area (Å²) in [4.78, 5) is 17.0. The molecule has 6 heteroatoms. The minimum atomic E-state index is -0.216. The van der Waals surface area contributed by atoms with Crippen LogP contribution < -0.4 is 5.32 Å². The van der Waals surface area contributed by atoms with Crippen LogP contribution >= 0.6 is 11.6 Å². The zero-order valence-electron chi connectivity index (χ0n) is 16.2. The SMILES string of the molecule is O=C(CCc1nc(-c2ccc(Cl)cc2)no1)NC(c1ccccc1)c1ccccc1. The van der Waals surface area contributed by atoms with E-state index in [1.165, 1.54) is 0 Å². The molecule has 0 spiro atoms. The average molecular weight is 418 g/mol. The Kier molecular flexibility index (Phi) is 6.20. The highest BCUT2D eigenvalue weighted by Crippen LogP contribution is 2.22. The molecule has 0 unspecified atom stereocenters. The van der Waals surface area contributed by atoms with E-state index in [4.69, 9.17) is 16.1 Å². The van der Waals surface area contributed by atoms with Gasteiger partial charge in [0, 0.05) is 23.4 Å². The van der Waals surface area contributed by atoms with Crippen molar-refractivity contribution in [2.24, 2.45) is 0 Å². The molecule has 0 atom stereocenters. The number of carbonyl (C=O) groups is 1. The van der Waals surface area contributed by atoms with E-state index in [1.807, 2.05) is 72.8 Å². The smallest absolute Gasteiger partial charge is 0.227 e. The first-order valence-corrected chi connectivity index (χ1v) is 10.0. The van der Waals surface area contributed by atoms with Crippen molar-refractivity contribution in [1.29, 1.82) is 0 Å².